The number of hydrogen-bond acceptors (Lipinski definition) is 2. The van der Waals surface area contributed by atoms with Gasteiger partial charge in [0.2, 0.25) is 0 Å². The van der Waals surface area contributed by atoms with Crippen LogP contribution in [0.4, 0.5) is 10.1 Å². The molecule has 0 unspecified atom stereocenters. The average Bonchev–Trinajstić information content (AvgIpc) is 2.32. The Balaban J connectivity index is 2.08. The SMILES string of the molecule is Oc1ccccc1CNc1ccc(Cl)c(F)c1. The fraction of sp³-hybridized carbons (Fsp3) is 0.0769. The number of para-hydroxylation sites is 1. The first kappa shape index (κ1) is 11.7. The van der Waals surface area contributed by atoms with Gasteiger partial charge < -0.3 is 10.4 Å². The predicted octanol–water partition coefficient (Wildman–Crippen LogP) is 3.80. The molecule has 0 saturated heterocycles. The summed E-state index contributed by atoms with van der Waals surface area (Å²) >= 11 is 5.58. The molecule has 0 aliphatic heterocycles. The smallest absolute Gasteiger partial charge is 0.143 e. The number of rotatable bonds is 3. The molecule has 2 nitrogen and oxygen atoms in total. The number of aromatic hydroxyl groups is 1. The fourth-order valence-corrected chi connectivity index (χ4v) is 1.58. The van der Waals surface area contributed by atoms with Crippen LogP contribution in [0.2, 0.25) is 5.02 Å². The molecule has 0 heterocycles. The van der Waals surface area contributed by atoms with Gasteiger partial charge in [0.05, 0.1) is 5.02 Å². The van der Waals surface area contributed by atoms with Gasteiger partial charge in [-0.2, -0.15) is 0 Å². The number of benzene rings is 2. The molecule has 0 amide bonds. The lowest BCUT2D eigenvalue weighted by molar-refractivity contribution is 0.469. The molecular formula is C13H11ClFNO. The second-order valence-electron chi connectivity index (χ2n) is 3.61. The van der Waals surface area contributed by atoms with Gasteiger partial charge in [-0.05, 0) is 24.3 Å². The van der Waals surface area contributed by atoms with Crippen molar-refractivity contribution in [3.63, 3.8) is 0 Å². The van der Waals surface area contributed by atoms with Crippen molar-refractivity contribution in [2.75, 3.05) is 5.32 Å². The maximum Gasteiger partial charge on any atom is 0.143 e. The predicted molar refractivity (Wildman–Crippen MR) is 66.8 cm³/mol. The molecule has 17 heavy (non-hydrogen) atoms. The molecule has 2 rings (SSSR count). The van der Waals surface area contributed by atoms with E-state index in [0.29, 0.717) is 12.2 Å². The Bertz CT molecular complexity index is 531. The molecule has 0 aliphatic carbocycles. The highest BCUT2D eigenvalue weighted by atomic mass is 35.5. The van der Waals surface area contributed by atoms with Crippen molar-refractivity contribution >= 4 is 17.3 Å². The second kappa shape index (κ2) is 5.06. The second-order valence-corrected chi connectivity index (χ2v) is 4.02. The van der Waals surface area contributed by atoms with Crippen molar-refractivity contribution in [1.82, 2.24) is 0 Å². The van der Waals surface area contributed by atoms with Crippen LogP contribution in [0.1, 0.15) is 5.56 Å². The molecule has 0 atom stereocenters. The fourth-order valence-electron chi connectivity index (χ4n) is 1.46. The highest BCUT2D eigenvalue weighted by Crippen LogP contribution is 2.21. The first-order chi connectivity index (χ1) is 8.16. The lowest BCUT2D eigenvalue weighted by Gasteiger charge is -2.08. The van der Waals surface area contributed by atoms with Gasteiger partial charge in [0.15, 0.2) is 0 Å². The largest absolute Gasteiger partial charge is 0.508 e. The van der Waals surface area contributed by atoms with Gasteiger partial charge in [0.25, 0.3) is 0 Å². The van der Waals surface area contributed by atoms with Gasteiger partial charge in [0, 0.05) is 17.8 Å². The Morgan fingerprint density at radius 1 is 1.18 bits per heavy atom. The molecule has 4 heteroatoms. The third kappa shape index (κ3) is 2.88. The van der Waals surface area contributed by atoms with Gasteiger partial charge in [0.1, 0.15) is 11.6 Å². The van der Waals surface area contributed by atoms with Crippen LogP contribution in [-0.4, -0.2) is 5.11 Å². The maximum atomic E-state index is 13.2. The zero-order valence-corrected chi connectivity index (χ0v) is 9.71. The van der Waals surface area contributed by atoms with E-state index in [4.69, 9.17) is 11.6 Å². The van der Waals surface area contributed by atoms with Gasteiger partial charge in [-0.25, -0.2) is 4.39 Å². The molecule has 2 aromatic carbocycles. The van der Waals surface area contributed by atoms with Crippen LogP contribution in [-0.2, 0) is 6.54 Å². The van der Waals surface area contributed by atoms with Gasteiger partial charge >= 0.3 is 0 Å². The third-order valence-corrected chi connectivity index (χ3v) is 2.70. The summed E-state index contributed by atoms with van der Waals surface area (Å²) in [6, 6.07) is 11.5. The van der Waals surface area contributed by atoms with E-state index in [1.807, 2.05) is 6.07 Å². The van der Waals surface area contributed by atoms with E-state index < -0.39 is 5.82 Å². The van der Waals surface area contributed by atoms with Crippen LogP contribution in [0.25, 0.3) is 0 Å². The molecule has 0 aliphatic rings. The van der Waals surface area contributed by atoms with E-state index >= 15 is 0 Å². The number of phenolic OH excluding ortho intramolecular Hbond substituents is 1. The van der Waals surface area contributed by atoms with E-state index in [1.165, 1.54) is 12.1 Å². The van der Waals surface area contributed by atoms with Crippen LogP contribution in [0.15, 0.2) is 42.5 Å². The van der Waals surface area contributed by atoms with E-state index in [-0.39, 0.29) is 10.8 Å². The quantitative estimate of drug-likeness (QED) is 0.870. The molecule has 0 aromatic heterocycles. The molecule has 2 N–H and O–H groups in total. The number of hydrogen-bond donors (Lipinski definition) is 2. The zero-order chi connectivity index (χ0) is 12.3. The Kier molecular flexibility index (Phi) is 3.49. The Hall–Kier alpha value is -1.74. The van der Waals surface area contributed by atoms with Crippen molar-refractivity contribution in [2.45, 2.75) is 6.54 Å². The van der Waals surface area contributed by atoms with Crippen molar-refractivity contribution in [2.24, 2.45) is 0 Å². The highest BCUT2D eigenvalue weighted by molar-refractivity contribution is 6.30. The molecule has 0 radical (unpaired) electrons. The van der Waals surface area contributed by atoms with Crippen molar-refractivity contribution < 1.29 is 9.50 Å². The topological polar surface area (TPSA) is 32.3 Å². The molecule has 0 fully saturated rings. The van der Waals surface area contributed by atoms with Crippen LogP contribution < -0.4 is 5.32 Å². The normalized spacial score (nSPS) is 10.2. The lowest BCUT2D eigenvalue weighted by atomic mass is 10.2. The number of halogens is 2. The van der Waals surface area contributed by atoms with Crippen molar-refractivity contribution in [3.8, 4) is 5.75 Å². The zero-order valence-electron chi connectivity index (χ0n) is 8.95. The minimum atomic E-state index is -0.464. The first-order valence-corrected chi connectivity index (χ1v) is 5.50. The summed E-state index contributed by atoms with van der Waals surface area (Å²) in [6.45, 7) is 0.424. The average molecular weight is 252 g/mol. The number of phenols is 1. The molecule has 0 bridgehead atoms. The van der Waals surface area contributed by atoms with E-state index in [1.54, 1.807) is 24.3 Å². The van der Waals surface area contributed by atoms with E-state index in [0.717, 1.165) is 5.56 Å². The van der Waals surface area contributed by atoms with Crippen LogP contribution >= 0.6 is 11.6 Å². The molecule has 0 spiro atoms. The third-order valence-electron chi connectivity index (χ3n) is 2.39. The monoisotopic (exact) mass is 251 g/mol. The number of nitrogens with one attached hydrogen (secondary N) is 1. The Labute approximate surface area is 104 Å². The minimum absolute atomic E-state index is 0.0955. The van der Waals surface area contributed by atoms with E-state index in [2.05, 4.69) is 5.32 Å². The van der Waals surface area contributed by atoms with Crippen molar-refractivity contribution in [3.05, 3.63) is 58.9 Å². The standard InChI is InChI=1S/C13H11ClFNO/c14-11-6-5-10(7-12(11)15)16-8-9-3-1-2-4-13(9)17/h1-7,16-17H,8H2. The van der Waals surface area contributed by atoms with E-state index in [9.17, 15) is 9.50 Å². The summed E-state index contributed by atoms with van der Waals surface area (Å²) in [6.07, 6.45) is 0. The number of anilines is 1. The summed E-state index contributed by atoms with van der Waals surface area (Å²) in [5.41, 5.74) is 1.37. The molecular weight excluding hydrogens is 241 g/mol. The maximum absolute atomic E-state index is 13.2. The van der Waals surface area contributed by atoms with Crippen LogP contribution in [0.3, 0.4) is 0 Å². The first-order valence-electron chi connectivity index (χ1n) is 5.12. The summed E-state index contributed by atoms with van der Waals surface area (Å²) in [5.74, 6) is -0.247. The van der Waals surface area contributed by atoms with Gasteiger partial charge in [-0.15, -0.1) is 0 Å². The van der Waals surface area contributed by atoms with Crippen LogP contribution in [0.5, 0.6) is 5.75 Å². The summed E-state index contributed by atoms with van der Waals surface area (Å²) in [7, 11) is 0. The lowest BCUT2D eigenvalue weighted by Crippen LogP contribution is -1.99. The highest BCUT2D eigenvalue weighted by Gasteiger charge is 2.02. The van der Waals surface area contributed by atoms with Gasteiger partial charge in [-0.1, -0.05) is 29.8 Å². The molecule has 2 aromatic rings. The Morgan fingerprint density at radius 2 is 1.94 bits per heavy atom. The van der Waals surface area contributed by atoms with Gasteiger partial charge in [-0.3, -0.25) is 0 Å². The Morgan fingerprint density at radius 3 is 2.65 bits per heavy atom. The molecule has 88 valence electrons. The summed E-state index contributed by atoms with van der Waals surface area (Å²) in [5, 5.41) is 12.7. The van der Waals surface area contributed by atoms with Crippen LogP contribution in [0, 0.1) is 5.82 Å². The molecule has 0 saturated carbocycles. The minimum Gasteiger partial charge on any atom is -0.508 e. The summed E-state index contributed by atoms with van der Waals surface area (Å²) < 4.78 is 13.2. The summed E-state index contributed by atoms with van der Waals surface area (Å²) in [4.78, 5) is 0. The van der Waals surface area contributed by atoms with Crippen molar-refractivity contribution in [1.29, 1.82) is 0 Å².